The maximum absolute atomic E-state index is 8.91. The topological polar surface area (TPSA) is 32.3 Å². The van der Waals surface area contributed by atoms with Crippen molar-refractivity contribution in [3.8, 4) is 0 Å². The van der Waals surface area contributed by atoms with Gasteiger partial charge in [-0.15, -0.1) is 0 Å². The monoisotopic (exact) mass is 257 g/mol. The first-order chi connectivity index (χ1) is 9.11. The van der Waals surface area contributed by atoms with E-state index in [0.29, 0.717) is 0 Å². The molecule has 0 amide bonds. The van der Waals surface area contributed by atoms with Crippen LogP contribution in [0.2, 0.25) is 0 Å². The molecule has 2 nitrogen and oxygen atoms in total. The number of fused-ring (bicyclic) bond motifs is 1. The normalized spacial score (nSPS) is 11.7. The number of rotatable bonds is 6. The van der Waals surface area contributed by atoms with Gasteiger partial charge in [-0.1, -0.05) is 44.2 Å². The van der Waals surface area contributed by atoms with Crippen molar-refractivity contribution >= 4 is 16.5 Å². The Hall–Kier alpha value is -1.54. The van der Waals surface area contributed by atoms with Crippen LogP contribution >= 0.6 is 0 Å². The summed E-state index contributed by atoms with van der Waals surface area (Å²) in [7, 11) is 0. The fourth-order valence-corrected chi connectivity index (χ4v) is 2.29. The molecule has 2 aromatic rings. The Bertz CT molecular complexity index is 534. The van der Waals surface area contributed by atoms with Gasteiger partial charge in [-0.2, -0.15) is 0 Å². The Morgan fingerprint density at radius 2 is 1.79 bits per heavy atom. The Labute approximate surface area is 115 Å². The molecule has 2 aromatic carbocycles. The maximum atomic E-state index is 8.91. The van der Waals surface area contributed by atoms with Gasteiger partial charge in [0.1, 0.15) is 0 Å². The molecule has 0 unspecified atom stereocenters. The summed E-state index contributed by atoms with van der Waals surface area (Å²) in [6.45, 7) is 5.66. The molecule has 0 spiro atoms. The lowest BCUT2D eigenvalue weighted by Gasteiger charge is -2.25. The molecule has 0 saturated heterocycles. The van der Waals surface area contributed by atoms with E-state index in [4.69, 9.17) is 5.11 Å². The molecule has 0 aliphatic heterocycles. The SMILES string of the molecule is CC(C)(CCCO)CNc1ccc2ccccc2c1. The Kier molecular flexibility index (Phi) is 4.43. The summed E-state index contributed by atoms with van der Waals surface area (Å²) < 4.78 is 0. The first-order valence-electron chi connectivity index (χ1n) is 6.94. The summed E-state index contributed by atoms with van der Waals surface area (Å²) in [5.74, 6) is 0. The smallest absolute Gasteiger partial charge is 0.0431 e. The van der Waals surface area contributed by atoms with E-state index in [9.17, 15) is 0 Å². The van der Waals surface area contributed by atoms with E-state index in [2.05, 4.69) is 61.6 Å². The van der Waals surface area contributed by atoms with E-state index in [-0.39, 0.29) is 12.0 Å². The van der Waals surface area contributed by atoms with E-state index in [1.54, 1.807) is 0 Å². The van der Waals surface area contributed by atoms with E-state index in [0.717, 1.165) is 25.1 Å². The summed E-state index contributed by atoms with van der Waals surface area (Å²) in [6, 6.07) is 14.9. The number of hydrogen-bond acceptors (Lipinski definition) is 2. The molecule has 2 heteroatoms. The Morgan fingerprint density at radius 1 is 1.05 bits per heavy atom. The zero-order valence-corrected chi connectivity index (χ0v) is 11.8. The first kappa shape index (κ1) is 13.9. The third-order valence-electron chi connectivity index (χ3n) is 3.53. The Morgan fingerprint density at radius 3 is 2.53 bits per heavy atom. The van der Waals surface area contributed by atoms with E-state index in [1.807, 2.05) is 0 Å². The average Bonchev–Trinajstić information content (AvgIpc) is 2.43. The zero-order valence-electron chi connectivity index (χ0n) is 11.8. The van der Waals surface area contributed by atoms with Gasteiger partial charge in [0.15, 0.2) is 0 Å². The van der Waals surface area contributed by atoms with Gasteiger partial charge in [0.25, 0.3) is 0 Å². The van der Waals surface area contributed by atoms with Crippen LogP contribution in [-0.4, -0.2) is 18.3 Å². The third kappa shape index (κ3) is 3.97. The van der Waals surface area contributed by atoms with E-state index < -0.39 is 0 Å². The molecule has 2 rings (SSSR count). The summed E-state index contributed by atoms with van der Waals surface area (Å²) in [6.07, 6.45) is 1.90. The van der Waals surface area contributed by atoms with Gasteiger partial charge in [0, 0.05) is 18.8 Å². The predicted molar refractivity (Wildman–Crippen MR) is 82.5 cm³/mol. The van der Waals surface area contributed by atoms with Crippen LogP contribution in [-0.2, 0) is 0 Å². The number of nitrogens with one attached hydrogen (secondary N) is 1. The molecule has 0 fully saturated rings. The van der Waals surface area contributed by atoms with Crippen molar-refractivity contribution in [1.82, 2.24) is 0 Å². The number of aliphatic hydroxyl groups is 1. The van der Waals surface area contributed by atoms with E-state index in [1.165, 1.54) is 10.8 Å². The quantitative estimate of drug-likeness (QED) is 0.818. The van der Waals surface area contributed by atoms with Gasteiger partial charge in [-0.05, 0) is 41.2 Å². The van der Waals surface area contributed by atoms with Gasteiger partial charge in [0.05, 0.1) is 0 Å². The number of hydrogen-bond donors (Lipinski definition) is 2. The lowest BCUT2D eigenvalue weighted by atomic mass is 9.88. The van der Waals surface area contributed by atoms with Crippen molar-refractivity contribution < 1.29 is 5.11 Å². The largest absolute Gasteiger partial charge is 0.396 e. The molecule has 19 heavy (non-hydrogen) atoms. The zero-order chi connectivity index (χ0) is 13.7. The van der Waals surface area contributed by atoms with Crippen LogP contribution in [0, 0.1) is 5.41 Å². The molecule has 0 aliphatic rings. The fourth-order valence-electron chi connectivity index (χ4n) is 2.29. The Balaban J connectivity index is 2.01. The number of benzene rings is 2. The molecule has 0 heterocycles. The van der Waals surface area contributed by atoms with Crippen LogP contribution in [0.3, 0.4) is 0 Å². The number of aliphatic hydroxyl groups excluding tert-OH is 1. The van der Waals surface area contributed by atoms with Crippen LogP contribution in [0.1, 0.15) is 26.7 Å². The van der Waals surface area contributed by atoms with Crippen LogP contribution in [0.5, 0.6) is 0 Å². The number of anilines is 1. The molecule has 0 radical (unpaired) electrons. The minimum absolute atomic E-state index is 0.203. The van der Waals surface area contributed by atoms with Crippen molar-refractivity contribution in [3.05, 3.63) is 42.5 Å². The van der Waals surface area contributed by atoms with Crippen LogP contribution < -0.4 is 5.32 Å². The molecule has 0 aromatic heterocycles. The van der Waals surface area contributed by atoms with Crippen LogP contribution in [0.15, 0.2) is 42.5 Å². The van der Waals surface area contributed by atoms with Crippen LogP contribution in [0.4, 0.5) is 5.69 Å². The lowest BCUT2D eigenvalue weighted by molar-refractivity contribution is 0.248. The summed E-state index contributed by atoms with van der Waals surface area (Å²) in [5.41, 5.74) is 1.37. The third-order valence-corrected chi connectivity index (χ3v) is 3.53. The summed E-state index contributed by atoms with van der Waals surface area (Å²) in [4.78, 5) is 0. The van der Waals surface area contributed by atoms with Crippen molar-refractivity contribution in [2.45, 2.75) is 26.7 Å². The van der Waals surface area contributed by atoms with E-state index >= 15 is 0 Å². The van der Waals surface area contributed by atoms with Crippen LogP contribution in [0.25, 0.3) is 10.8 Å². The van der Waals surface area contributed by atoms with Gasteiger partial charge >= 0.3 is 0 Å². The maximum Gasteiger partial charge on any atom is 0.0431 e. The molecule has 102 valence electrons. The van der Waals surface area contributed by atoms with Gasteiger partial charge in [0.2, 0.25) is 0 Å². The molecule has 0 aliphatic carbocycles. The van der Waals surface area contributed by atoms with Crippen molar-refractivity contribution in [2.24, 2.45) is 5.41 Å². The molecular formula is C17H23NO. The predicted octanol–water partition coefficient (Wildman–Crippen LogP) is 4.05. The van der Waals surface area contributed by atoms with Gasteiger partial charge in [-0.25, -0.2) is 0 Å². The van der Waals surface area contributed by atoms with Crippen molar-refractivity contribution in [2.75, 3.05) is 18.5 Å². The highest BCUT2D eigenvalue weighted by Gasteiger charge is 2.16. The minimum Gasteiger partial charge on any atom is -0.396 e. The minimum atomic E-state index is 0.203. The van der Waals surface area contributed by atoms with Gasteiger partial charge < -0.3 is 10.4 Å². The second kappa shape index (κ2) is 6.07. The summed E-state index contributed by atoms with van der Waals surface area (Å²) in [5, 5.41) is 15.0. The van der Waals surface area contributed by atoms with Crippen molar-refractivity contribution in [1.29, 1.82) is 0 Å². The highest BCUT2D eigenvalue weighted by molar-refractivity contribution is 5.85. The molecule has 0 atom stereocenters. The molecule has 2 N–H and O–H groups in total. The van der Waals surface area contributed by atoms with Crippen molar-refractivity contribution in [3.63, 3.8) is 0 Å². The average molecular weight is 257 g/mol. The first-order valence-corrected chi connectivity index (χ1v) is 6.94. The lowest BCUT2D eigenvalue weighted by Crippen LogP contribution is -2.23. The fraction of sp³-hybridized carbons (Fsp3) is 0.412. The molecule has 0 bridgehead atoms. The second-order valence-electron chi connectivity index (χ2n) is 5.91. The summed E-state index contributed by atoms with van der Waals surface area (Å²) >= 11 is 0. The highest BCUT2D eigenvalue weighted by atomic mass is 16.2. The van der Waals surface area contributed by atoms with Gasteiger partial charge in [-0.3, -0.25) is 0 Å². The molecular weight excluding hydrogens is 234 g/mol. The standard InChI is InChI=1S/C17H23NO/c1-17(2,10-5-11-19)13-18-16-9-8-14-6-3-4-7-15(14)12-16/h3-4,6-9,12,18-19H,5,10-11,13H2,1-2H3. The highest BCUT2D eigenvalue weighted by Crippen LogP contribution is 2.24. The molecule has 0 saturated carbocycles. The second-order valence-corrected chi connectivity index (χ2v) is 5.91.